The number of nitrogens with zero attached hydrogens (tertiary/aromatic N) is 1. The van der Waals surface area contributed by atoms with Crippen molar-refractivity contribution >= 4 is 0 Å². The van der Waals surface area contributed by atoms with Gasteiger partial charge in [-0.2, -0.15) is 0 Å². The van der Waals surface area contributed by atoms with Gasteiger partial charge in [-0.1, -0.05) is 12.2 Å². The third-order valence-electron chi connectivity index (χ3n) is 2.15. The molecule has 0 bridgehead atoms. The van der Waals surface area contributed by atoms with Crippen molar-refractivity contribution in [2.24, 2.45) is 5.73 Å². The van der Waals surface area contributed by atoms with Gasteiger partial charge in [0.1, 0.15) is 0 Å². The SMILES string of the molecule is CC1COCCN1CC=CCN. The first-order chi connectivity index (χ1) is 5.84. The maximum Gasteiger partial charge on any atom is 0.0619 e. The van der Waals surface area contributed by atoms with Crippen molar-refractivity contribution in [3.8, 4) is 0 Å². The van der Waals surface area contributed by atoms with E-state index in [0.717, 1.165) is 26.3 Å². The van der Waals surface area contributed by atoms with Crippen LogP contribution in [0.5, 0.6) is 0 Å². The topological polar surface area (TPSA) is 38.5 Å². The first-order valence-corrected chi connectivity index (χ1v) is 4.51. The van der Waals surface area contributed by atoms with E-state index in [2.05, 4.69) is 17.9 Å². The van der Waals surface area contributed by atoms with Crippen molar-refractivity contribution in [3.63, 3.8) is 0 Å². The van der Waals surface area contributed by atoms with Gasteiger partial charge in [0.25, 0.3) is 0 Å². The van der Waals surface area contributed by atoms with Gasteiger partial charge in [-0.15, -0.1) is 0 Å². The predicted octanol–water partition coefficient (Wildman–Crippen LogP) is 0.222. The van der Waals surface area contributed by atoms with Gasteiger partial charge in [0.15, 0.2) is 0 Å². The summed E-state index contributed by atoms with van der Waals surface area (Å²) in [6.07, 6.45) is 4.13. The minimum Gasteiger partial charge on any atom is -0.379 e. The van der Waals surface area contributed by atoms with Crippen LogP contribution >= 0.6 is 0 Å². The molecule has 1 atom stereocenters. The molecule has 1 fully saturated rings. The minimum absolute atomic E-state index is 0.543. The zero-order valence-electron chi connectivity index (χ0n) is 7.70. The summed E-state index contributed by atoms with van der Waals surface area (Å²) in [4.78, 5) is 2.40. The summed E-state index contributed by atoms with van der Waals surface area (Å²) >= 11 is 0. The quantitative estimate of drug-likeness (QED) is 0.616. The Kier molecular flexibility index (Phi) is 4.29. The van der Waals surface area contributed by atoms with Crippen LogP contribution in [0.3, 0.4) is 0 Å². The second kappa shape index (κ2) is 5.30. The molecule has 1 rings (SSSR count). The zero-order valence-corrected chi connectivity index (χ0v) is 7.70. The molecule has 0 aromatic carbocycles. The van der Waals surface area contributed by atoms with E-state index in [4.69, 9.17) is 10.5 Å². The molecule has 12 heavy (non-hydrogen) atoms. The highest BCUT2D eigenvalue weighted by Gasteiger charge is 2.16. The summed E-state index contributed by atoms with van der Waals surface area (Å²) in [6.45, 7) is 6.59. The first kappa shape index (κ1) is 9.71. The van der Waals surface area contributed by atoms with Crippen LogP contribution in [0.2, 0.25) is 0 Å². The fraction of sp³-hybridized carbons (Fsp3) is 0.778. The van der Waals surface area contributed by atoms with E-state index in [1.165, 1.54) is 0 Å². The van der Waals surface area contributed by atoms with Gasteiger partial charge in [-0.25, -0.2) is 0 Å². The van der Waals surface area contributed by atoms with Gasteiger partial charge < -0.3 is 10.5 Å². The van der Waals surface area contributed by atoms with Crippen molar-refractivity contribution in [1.29, 1.82) is 0 Å². The zero-order chi connectivity index (χ0) is 8.81. The van der Waals surface area contributed by atoms with E-state index in [0.29, 0.717) is 12.6 Å². The Labute approximate surface area is 74.2 Å². The van der Waals surface area contributed by atoms with E-state index in [1.807, 2.05) is 6.08 Å². The Hall–Kier alpha value is -0.380. The Balaban J connectivity index is 2.24. The lowest BCUT2D eigenvalue weighted by Crippen LogP contribution is -2.43. The summed E-state index contributed by atoms with van der Waals surface area (Å²) < 4.78 is 5.33. The van der Waals surface area contributed by atoms with E-state index in [1.54, 1.807) is 0 Å². The van der Waals surface area contributed by atoms with Gasteiger partial charge in [-0.05, 0) is 6.92 Å². The van der Waals surface area contributed by atoms with E-state index in [-0.39, 0.29) is 0 Å². The third-order valence-corrected chi connectivity index (χ3v) is 2.15. The average molecular weight is 170 g/mol. The molecule has 3 heteroatoms. The lowest BCUT2D eigenvalue weighted by atomic mass is 10.2. The molecule has 1 aliphatic heterocycles. The highest BCUT2D eigenvalue weighted by atomic mass is 16.5. The molecule has 1 aliphatic rings. The van der Waals surface area contributed by atoms with Gasteiger partial charge in [0.2, 0.25) is 0 Å². The van der Waals surface area contributed by atoms with Crippen molar-refractivity contribution in [2.75, 3.05) is 32.8 Å². The molecule has 70 valence electrons. The van der Waals surface area contributed by atoms with Crippen LogP contribution in [-0.2, 0) is 4.74 Å². The normalized spacial score (nSPS) is 26.7. The van der Waals surface area contributed by atoms with Crippen LogP contribution in [-0.4, -0.2) is 43.8 Å². The molecule has 0 saturated carbocycles. The second-order valence-corrected chi connectivity index (χ2v) is 3.13. The summed E-state index contributed by atoms with van der Waals surface area (Å²) in [5.41, 5.74) is 5.35. The largest absolute Gasteiger partial charge is 0.379 e. The maximum atomic E-state index is 5.35. The predicted molar refractivity (Wildman–Crippen MR) is 50.0 cm³/mol. The fourth-order valence-corrected chi connectivity index (χ4v) is 1.34. The third kappa shape index (κ3) is 2.93. The Morgan fingerprint density at radius 2 is 2.42 bits per heavy atom. The van der Waals surface area contributed by atoms with Crippen molar-refractivity contribution in [3.05, 3.63) is 12.2 Å². The van der Waals surface area contributed by atoms with E-state index >= 15 is 0 Å². The molecular weight excluding hydrogens is 152 g/mol. The standard InChI is InChI=1S/C9H18N2O/c1-9-8-12-7-6-11(9)5-3-2-4-10/h2-3,9H,4-8,10H2,1H3. The molecule has 2 N–H and O–H groups in total. The lowest BCUT2D eigenvalue weighted by Gasteiger charge is -2.32. The van der Waals surface area contributed by atoms with Crippen LogP contribution < -0.4 is 5.73 Å². The van der Waals surface area contributed by atoms with E-state index in [9.17, 15) is 0 Å². The molecule has 0 aliphatic carbocycles. The molecular formula is C9H18N2O. The van der Waals surface area contributed by atoms with Crippen LogP contribution in [0, 0.1) is 0 Å². The number of ether oxygens (including phenoxy) is 1. The lowest BCUT2D eigenvalue weighted by molar-refractivity contribution is 0.00555. The highest BCUT2D eigenvalue weighted by molar-refractivity contribution is 4.87. The number of morpholine rings is 1. The smallest absolute Gasteiger partial charge is 0.0619 e. The van der Waals surface area contributed by atoms with Gasteiger partial charge in [0.05, 0.1) is 13.2 Å². The van der Waals surface area contributed by atoms with E-state index < -0.39 is 0 Å². The molecule has 0 amide bonds. The van der Waals surface area contributed by atoms with Crippen LogP contribution in [0.1, 0.15) is 6.92 Å². The second-order valence-electron chi connectivity index (χ2n) is 3.13. The Bertz CT molecular complexity index is 147. The number of nitrogens with two attached hydrogens (primary N) is 1. The van der Waals surface area contributed by atoms with Gasteiger partial charge in [-0.3, -0.25) is 4.90 Å². The summed E-state index contributed by atoms with van der Waals surface area (Å²) in [6, 6.07) is 0.543. The van der Waals surface area contributed by atoms with Gasteiger partial charge in [0, 0.05) is 25.7 Å². The number of rotatable bonds is 3. The summed E-state index contributed by atoms with van der Waals surface area (Å²) in [5, 5.41) is 0. The average Bonchev–Trinajstić information content (AvgIpc) is 2.09. The first-order valence-electron chi connectivity index (χ1n) is 4.51. The summed E-state index contributed by atoms with van der Waals surface area (Å²) in [5.74, 6) is 0. The maximum absolute atomic E-state index is 5.35. The minimum atomic E-state index is 0.543. The van der Waals surface area contributed by atoms with Crippen molar-refractivity contribution < 1.29 is 4.74 Å². The number of hydrogen-bond acceptors (Lipinski definition) is 3. The van der Waals surface area contributed by atoms with Crippen LogP contribution in [0.25, 0.3) is 0 Å². The molecule has 1 saturated heterocycles. The van der Waals surface area contributed by atoms with Crippen molar-refractivity contribution in [1.82, 2.24) is 4.90 Å². The highest BCUT2D eigenvalue weighted by Crippen LogP contribution is 2.04. The van der Waals surface area contributed by atoms with Gasteiger partial charge >= 0.3 is 0 Å². The fourth-order valence-electron chi connectivity index (χ4n) is 1.34. The molecule has 1 heterocycles. The van der Waals surface area contributed by atoms with Crippen molar-refractivity contribution in [2.45, 2.75) is 13.0 Å². The molecule has 1 unspecified atom stereocenters. The molecule has 3 nitrogen and oxygen atoms in total. The monoisotopic (exact) mass is 170 g/mol. The Morgan fingerprint density at radius 1 is 1.58 bits per heavy atom. The Morgan fingerprint density at radius 3 is 3.08 bits per heavy atom. The molecule has 0 radical (unpaired) electrons. The number of hydrogen-bond donors (Lipinski definition) is 1. The van der Waals surface area contributed by atoms with Crippen LogP contribution in [0.4, 0.5) is 0 Å². The molecule has 0 aromatic heterocycles. The summed E-state index contributed by atoms with van der Waals surface area (Å²) in [7, 11) is 0. The molecule has 0 spiro atoms. The molecule has 0 aromatic rings. The van der Waals surface area contributed by atoms with Crippen LogP contribution in [0.15, 0.2) is 12.2 Å².